The van der Waals surface area contributed by atoms with Crippen LogP contribution in [0.25, 0.3) is 11.3 Å². The third-order valence-electron chi connectivity index (χ3n) is 5.65. The summed E-state index contributed by atoms with van der Waals surface area (Å²) >= 11 is 0. The molecule has 0 spiro atoms. The van der Waals surface area contributed by atoms with Gasteiger partial charge in [0.25, 0.3) is 0 Å². The van der Waals surface area contributed by atoms with Crippen LogP contribution in [0.5, 0.6) is 17.2 Å². The smallest absolute Gasteiger partial charge is 0.427 e. The highest BCUT2D eigenvalue weighted by atomic mass is 32.2. The van der Waals surface area contributed by atoms with E-state index in [4.69, 9.17) is 18.9 Å². The number of aromatic amines is 1. The summed E-state index contributed by atoms with van der Waals surface area (Å²) in [7, 11) is 1.66. The van der Waals surface area contributed by atoms with E-state index >= 15 is 0 Å². The molecule has 10 heteroatoms. The van der Waals surface area contributed by atoms with E-state index in [1.807, 2.05) is 50.2 Å². The lowest BCUT2D eigenvalue weighted by molar-refractivity contribution is -0.190. The Labute approximate surface area is 216 Å². The Kier molecular flexibility index (Phi) is 8.29. The molecule has 0 aliphatic carbocycles. The summed E-state index contributed by atoms with van der Waals surface area (Å²) < 4.78 is 61.3. The first-order valence-electron chi connectivity index (χ1n) is 11.7. The van der Waals surface area contributed by atoms with E-state index in [1.165, 1.54) is 4.90 Å². The van der Waals surface area contributed by atoms with Crippen molar-refractivity contribution in [2.24, 2.45) is 4.99 Å². The highest BCUT2D eigenvalue weighted by Crippen LogP contribution is 2.34. The molecule has 2 aromatic carbocycles. The zero-order chi connectivity index (χ0) is 26.6. The standard InChI is InChI=1S/C27H29F3N2O4S/c1-5-37(4)22-8-6-19(7-9-22)35-21-13-18(12-20(14-21)34-17(2)16-33-3)23-10-11-24(32-23)26-31-15-25(36-26)27(28,29)30/h5-14,17,25,32H,15-16H2,1-4H3/t17-,25+,37?/m0/s1. The number of rotatable bonds is 9. The van der Waals surface area contributed by atoms with Crippen molar-refractivity contribution in [1.82, 2.24) is 4.98 Å². The molecule has 198 valence electrons. The Morgan fingerprint density at radius 3 is 2.43 bits per heavy atom. The van der Waals surface area contributed by atoms with Crippen LogP contribution in [0.3, 0.4) is 0 Å². The van der Waals surface area contributed by atoms with Crippen molar-refractivity contribution in [2.45, 2.75) is 37.1 Å². The molecule has 0 bridgehead atoms. The van der Waals surface area contributed by atoms with Crippen LogP contribution < -0.4 is 9.47 Å². The first kappa shape index (κ1) is 26.8. The number of nitrogens with zero attached hydrogens (tertiary/aromatic N) is 1. The van der Waals surface area contributed by atoms with E-state index in [0.29, 0.717) is 35.2 Å². The van der Waals surface area contributed by atoms with Gasteiger partial charge in [0, 0.05) is 29.3 Å². The van der Waals surface area contributed by atoms with Gasteiger partial charge in [0.15, 0.2) is 0 Å². The number of alkyl halides is 3. The Morgan fingerprint density at radius 1 is 1.08 bits per heavy atom. The summed E-state index contributed by atoms with van der Waals surface area (Å²) in [5.74, 6) is 1.71. The third-order valence-corrected chi connectivity index (χ3v) is 7.37. The second kappa shape index (κ2) is 11.4. The van der Waals surface area contributed by atoms with Gasteiger partial charge in [-0.3, -0.25) is 0 Å². The van der Waals surface area contributed by atoms with Gasteiger partial charge in [-0.2, -0.15) is 23.7 Å². The molecule has 0 saturated heterocycles. The van der Waals surface area contributed by atoms with Gasteiger partial charge in [0.2, 0.25) is 12.0 Å². The van der Waals surface area contributed by atoms with Gasteiger partial charge in [0.1, 0.15) is 29.0 Å². The van der Waals surface area contributed by atoms with Crippen LogP contribution in [-0.2, 0) is 9.47 Å². The van der Waals surface area contributed by atoms with E-state index in [9.17, 15) is 13.2 Å². The third kappa shape index (κ3) is 6.75. The molecule has 0 saturated carbocycles. The number of H-pyrrole nitrogens is 1. The number of aliphatic imine (C=N–C) groups is 1. The van der Waals surface area contributed by atoms with E-state index in [-0.39, 0.29) is 22.5 Å². The molecule has 3 atom stereocenters. The normalized spacial score (nSPS) is 17.3. The van der Waals surface area contributed by atoms with Crippen LogP contribution in [0.1, 0.15) is 19.5 Å². The van der Waals surface area contributed by atoms with Gasteiger partial charge in [-0.05, 0) is 68.6 Å². The Bertz CT molecular complexity index is 1290. The first-order valence-corrected chi connectivity index (χ1v) is 13.4. The predicted molar refractivity (Wildman–Crippen MR) is 141 cm³/mol. The van der Waals surface area contributed by atoms with E-state index in [2.05, 4.69) is 21.6 Å². The molecule has 4 rings (SSSR count). The number of hydrogen-bond acceptors (Lipinski definition) is 5. The van der Waals surface area contributed by atoms with E-state index in [1.54, 1.807) is 25.3 Å². The van der Waals surface area contributed by atoms with Crippen molar-refractivity contribution in [2.75, 3.05) is 26.5 Å². The van der Waals surface area contributed by atoms with Crippen LogP contribution in [0.2, 0.25) is 0 Å². The minimum absolute atomic E-state index is 0.0587. The second-order valence-electron chi connectivity index (χ2n) is 8.52. The zero-order valence-corrected chi connectivity index (χ0v) is 21.8. The molecule has 0 radical (unpaired) electrons. The zero-order valence-electron chi connectivity index (χ0n) is 21.0. The maximum Gasteiger partial charge on any atom is 0.427 e. The molecule has 1 aliphatic rings. The number of ether oxygens (including phenoxy) is 4. The first-order chi connectivity index (χ1) is 17.7. The van der Waals surface area contributed by atoms with Gasteiger partial charge in [0.05, 0.1) is 13.2 Å². The number of halogens is 3. The van der Waals surface area contributed by atoms with Crippen molar-refractivity contribution < 1.29 is 32.1 Å². The lowest BCUT2D eigenvalue weighted by Gasteiger charge is -2.16. The molecular formula is C27H29F3N2O4S. The summed E-state index contributed by atoms with van der Waals surface area (Å²) in [6.07, 6.45) is -4.46. The summed E-state index contributed by atoms with van der Waals surface area (Å²) in [4.78, 5) is 8.23. The monoisotopic (exact) mass is 534 g/mol. The lowest BCUT2D eigenvalue weighted by atomic mass is 10.1. The maximum absolute atomic E-state index is 13.0. The molecule has 1 N–H and O–H groups in total. The fourth-order valence-electron chi connectivity index (χ4n) is 3.73. The number of nitrogens with one attached hydrogen (secondary N) is 1. The second-order valence-corrected chi connectivity index (χ2v) is 10.6. The largest absolute Gasteiger partial charge is 0.488 e. The van der Waals surface area contributed by atoms with E-state index in [0.717, 1.165) is 5.56 Å². The predicted octanol–water partition coefficient (Wildman–Crippen LogP) is 6.68. The minimum atomic E-state index is -4.47. The van der Waals surface area contributed by atoms with E-state index < -0.39 is 18.8 Å². The van der Waals surface area contributed by atoms with Crippen LogP contribution in [0, 0.1) is 0 Å². The average molecular weight is 535 g/mol. The van der Waals surface area contributed by atoms with Crippen molar-refractivity contribution in [3.05, 3.63) is 60.3 Å². The molecule has 0 amide bonds. The Hall–Kier alpha value is -3.24. The fourth-order valence-corrected chi connectivity index (χ4v) is 4.57. The molecule has 1 unspecified atom stereocenters. The number of hydrogen-bond donors (Lipinski definition) is 1. The minimum Gasteiger partial charge on any atom is -0.488 e. The topological polar surface area (TPSA) is 65.1 Å². The van der Waals surface area contributed by atoms with Gasteiger partial charge in [-0.15, -0.1) is 0 Å². The summed E-state index contributed by atoms with van der Waals surface area (Å²) in [6.45, 7) is 3.87. The van der Waals surface area contributed by atoms with Crippen molar-refractivity contribution in [3.8, 4) is 28.5 Å². The number of benzene rings is 2. The van der Waals surface area contributed by atoms with Crippen LogP contribution in [0.15, 0.2) is 64.5 Å². The highest BCUT2D eigenvalue weighted by molar-refractivity contribution is 8.14. The lowest BCUT2D eigenvalue weighted by Crippen LogP contribution is -2.32. The van der Waals surface area contributed by atoms with Crippen LogP contribution >= 0.6 is 10.5 Å². The van der Waals surface area contributed by atoms with Crippen LogP contribution in [-0.4, -0.2) is 61.2 Å². The summed E-state index contributed by atoms with van der Waals surface area (Å²) in [5, 5.41) is 2.15. The Balaban J connectivity index is 1.60. The SMILES string of the molecule is C/C=S(\C)c1ccc(Oc2cc(O[C@@H](C)COC)cc(-c3ccc(C4=NC[C@H](C(F)(F)F)O4)[nH]3)c2)cc1. The quantitative estimate of drug-likeness (QED) is 0.311. The average Bonchev–Trinajstić information content (AvgIpc) is 3.54. The molecule has 1 aromatic heterocycles. The van der Waals surface area contributed by atoms with Gasteiger partial charge < -0.3 is 23.9 Å². The summed E-state index contributed by atoms with van der Waals surface area (Å²) in [5.41, 5.74) is 1.73. The molecule has 6 nitrogen and oxygen atoms in total. The van der Waals surface area contributed by atoms with Gasteiger partial charge in [-0.25, -0.2) is 4.99 Å². The molecule has 0 fully saturated rings. The molecule has 1 aliphatic heterocycles. The van der Waals surface area contributed by atoms with Crippen molar-refractivity contribution in [3.63, 3.8) is 0 Å². The van der Waals surface area contributed by atoms with Crippen LogP contribution in [0.4, 0.5) is 13.2 Å². The maximum atomic E-state index is 13.0. The fraction of sp³-hybridized carbons (Fsp3) is 0.333. The summed E-state index contributed by atoms with van der Waals surface area (Å²) in [6, 6.07) is 16.7. The van der Waals surface area contributed by atoms with Gasteiger partial charge >= 0.3 is 6.18 Å². The van der Waals surface area contributed by atoms with Crippen molar-refractivity contribution in [1.29, 1.82) is 0 Å². The molecule has 3 aromatic rings. The highest BCUT2D eigenvalue weighted by Gasteiger charge is 2.45. The van der Waals surface area contributed by atoms with Crippen molar-refractivity contribution >= 4 is 21.7 Å². The molecular weight excluding hydrogens is 505 g/mol. The molecule has 37 heavy (non-hydrogen) atoms. The number of aromatic nitrogens is 1. The number of methoxy groups -OCH3 is 1. The molecule has 2 heterocycles. The Morgan fingerprint density at radius 2 is 1.78 bits per heavy atom. The van der Waals surface area contributed by atoms with Gasteiger partial charge in [-0.1, -0.05) is 5.37 Å².